The molecule has 1 fully saturated rings. The van der Waals surface area contributed by atoms with Gasteiger partial charge in [-0.25, -0.2) is 0 Å². The fourth-order valence-electron chi connectivity index (χ4n) is 4.10. The summed E-state index contributed by atoms with van der Waals surface area (Å²) in [7, 11) is 4.14. The number of piperazine rings is 1. The molecule has 1 unspecified atom stereocenters. The van der Waals surface area contributed by atoms with Crippen LogP contribution in [-0.4, -0.2) is 104 Å². The number of hydrogen-bond acceptors (Lipinski definition) is 4. The van der Waals surface area contributed by atoms with Gasteiger partial charge in [0.2, 0.25) is 5.91 Å². The Morgan fingerprint density at radius 1 is 1.16 bits per heavy atom. The number of guanidine groups is 1. The molecule has 0 saturated carbocycles. The average Bonchev–Trinajstić information content (AvgIpc) is 2.78. The largest absolute Gasteiger partial charge is 0.357 e. The highest BCUT2D eigenvalue weighted by Crippen LogP contribution is 2.24. The first kappa shape index (κ1) is 25.1. The van der Waals surface area contributed by atoms with E-state index in [0.29, 0.717) is 12.6 Å². The topological polar surface area (TPSA) is 54.4 Å². The van der Waals surface area contributed by atoms with Gasteiger partial charge in [0.25, 0.3) is 0 Å². The van der Waals surface area contributed by atoms with E-state index in [-0.39, 0.29) is 5.91 Å². The first-order chi connectivity index (χ1) is 15.0. The van der Waals surface area contributed by atoms with Crippen LogP contribution in [0.3, 0.4) is 0 Å². The maximum absolute atomic E-state index is 12.4. The number of likely N-dealkylation sites (N-methyl/N-ethyl adjacent to an activating group) is 3. The molecule has 0 radical (unpaired) electrons. The second-order valence-corrected chi connectivity index (χ2v) is 8.24. The molecule has 1 aliphatic heterocycles. The summed E-state index contributed by atoms with van der Waals surface area (Å²) < 4.78 is 0. The molecule has 1 N–H and O–H groups in total. The highest BCUT2D eigenvalue weighted by atomic mass is 16.2. The van der Waals surface area contributed by atoms with Crippen molar-refractivity contribution in [1.29, 1.82) is 0 Å². The van der Waals surface area contributed by atoms with E-state index in [0.717, 1.165) is 64.7 Å². The second-order valence-electron chi connectivity index (χ2n) is 8.24. The molecule has 0 spiro atoms. The molecule has 1 atom stereocenters. The summed E-state index contributed by atoms with van der Waals surface area (Å²) in [6.45, 7) is 13.7. The zero-order chi connectivity index (χ0) is 22.6. The van der Waals surface area contributed by atoms with Crippen LogP contribution in [0.5, 0.6) is 0 Å². The molecule has 7 nitrogen and oxygen atoms in total. The number of rotatable bonds is 10. The molecule has 0 aliphatic carbocycles. The van der Waals surface area contributed by atoms with Crippen molar-refractivity contribution >= 4 is 11.9 Å². The molecule has 1 aromatic carbocycles. The van der Waals surface area contributed by atoms with Gasteiger partial charge in [-0.3, -0.25) is 14.7 Å². The molecule has 1 heterocycles. The van der Waals surface area contributed by atoms with E-state index in [2.05, 4.69) is 59.4 Å². The van der Waals surface area contributed by atoms with Crippen molar-refractivity contribution in [3.05, 3.63) is 35.9 Å². The third-order valence-electron chi connectivity index (χ3n) is 5.93. The predicted molar refractivity (Wildman–Crippen MR) is 129 cm³/mol. The van der Waals surface area contributed by atoms with Crippen LogP contribution in [0, 0.1) is 0 Å². The van der Waals surface area contributed by atoms with Crippen molar-refractivity contribution < 1.29 is 4.79 Å². The lowest BCUT2D eigenvalue weighted by Crippen LogP contribution is -2.47. The lowest BCUT2D eigenvalue weighted by Gasteiger charge is -2.40. The molecular weight excluding hydrogens is 388 g/mol. The van der Waals surface area contributed by atoms with Crippen LogP contribution in [-0.2, 0) is 4.79 Å². The first-order valence-corrected chi connectivity index (χ1v) is 11.7. The molecule has 1 saturated heterocycles. The number of aliphatic imine (C=N–C) groups is 1. The van der Waals surface area contributed by atoms with Gasteiger partial charge in [-0.1, -0.05) is 30.3 Å². The van der Waals surface area contributed by atoms with Crippen LogP contribution in [0.15, 0.2) is 35.3 Å². The Kier molecular flexibility index (Phi) is 10.8. The molecule has 1 aromatic rings. The number of amides is 1. The third-order valence-corrected chi connectivity index (χ3v) is 5.93. The minimum atomic E-state index is 0.140. The number of benzene rings is 1. The fourth-order valence-corrected chi connectivity index (χ4v) is 4.10. The molecule has 31 heavy (non-hydrogen) atoms. The molecule has 0 aromatic heterocycles. The zero-order valence-electron chi connectivity index (χ0n) is 20.2. The number of nitrogens with zero attached hydrogens (tertiary/aromatic N) is 5. The third kappa shape index (κ3) is 7.82. The van der Waals surface area contributed by atoms with E-state index in [9.17, 15) is 4.79 Å². The van der Waals surface area contributed by atoms with Gasteiger partial charge in [0.15, 0.2) is 5.96 Å². The van der Waals surface area contributed by atoms with Crippen LogP contribution in [0.25, 0.3) is 0 Å². The van der Waals surface area contributed by atoms with Gasteiger partial charge in [-0.15, -0.1) is 0 Å². The Morgan fingerprint density at radius 3 is 2.52 bits per heavy atom. The maximum atomic E-state index is 12.4. The van der Waals surface area contributed by atoms with E-state index in [1.807, 2.05) is 30.7 Å². The van der Waals surface area contributed by atoms with Gasteiger partial charge in [0.05, 0.1) is 6.54 Å². The quantitative estimate of drug-likeness (QED) is 0.350. The van der Waals surface area contributed by atoms with Crippen molar-refractivity contribution in [2.24, 2.45) is 4.99 Å². The Labute approximate surface area is 189 Å². The van der Waals surface area contributed by atoms with E-state index >= 15 is 0 Å². The standard InChI is InChI=1S/C24H42N6O/c1-6-25-24(28(5)20-23(31)29(7-2)8-3)26-15-12-16-30-18-17-27(4)19-22(30)21-13-10-9-11-14-21/h9-11,13-14,22H,6-8,12,15-20H2,1-5H3,(H,25,26). The predicted octanol–water partition coefficient (Wildman–Crippen LogP) is 2.13. The molecule has 174 valence electrons. The van der Waals surface area contributed by atoms with Gasteiger partial charge in [-0.05, 0) is 39.8 Å². The smallest absolute Gasteiger partial charge is 0.242 e. The van der Waals surface area contributed by atoms with Crippen LogP contribution >= 0.6 is 0 Å². The van der Waals surface area contributed by atoms with Crippen LogP contribution in [0.4, 0.5) is 0 Å². The monoisotopic (exact) mass is 430 g/mol. The molecular formula is C24H42N6O. The highest BCUT2D eigenvalue weighted by Gasteiger charge is 2.26. The summed E-state index contributed by atoms with van der Waals surface area (Å²) in [5.74, 6) is 0.947. The molecule has 2 rings (SSSR count). The number of carbonyl (C=O) groups excluding carboxylic acids is 1. The molecule has 1 amide bonds. The summed E-state index contributed by atoms with van der Waals surface area (Å²) in [6.07, 6.45) is 1.000. The fraction of sp³-hybridized carbons (Fsp3) is 0.667. The summed E-state index contributed by atoms with van der Waals surface area (Å²) in [5, 5.41) is 3.33. The van der Waals surface area contributed by atoms with E-state index in [1.54, 1.807) is 0 Å². The molecule has 0 bridgehead atoms. The van der Waals surface area contributed by atoms with E-state index in [4.69, 9.17) is 4.99 Å². The summed E-state index contributed by atoms with van der Waals surface area (Å²) >= 11 is 0. The van der Waals surface area contributed by atoms with E-state index < -0.39 is 0 Å². The van der Waals surface area contributed by atoms with Crippen LogP contribution < -0.4 is 5.32 Å². The minimum Gasteiger partial charge on any atom is -0.357 e. The van der Waals surface area contributed by atoms with Crippen molar-refractivity contribution in [3.8, 4) is 0 Å². The second kappa shape index (κ2) is 13.3. The summed E-state index contributed by atoms with van der Waals surface area (Å²) in [6, 6.07) is 11.3. The normalized spacial score (nSPS) is 18.1. The number of hydrogen-bond donors (Lipinski definition) is 1. The van der Waals surface area contributed by atoms with Gasteiger partial charge >= 0.3 is 0 Å². The average molecular weight is 431 g/mol. The van der Waals surface area contributed by atoms with Crippen molar-refractivity contribution in [2.45, 2.75) is 33.2 Å². The minimum absolute atomic E-state index is 0.140. The Hall–Kier alpha value is -2.12. The summed E-state index contributed by atoms with van der Waals surface area (Å²) in [5.41, 5.74) is 1.39. The van der Waals surface area contributed by atoms with Crippen molar-refractivity contribution in [3.63, 3.8) is 0 Å². The van der Waals surface area contributed by atoms with Crippen LogP contribution in [0.2, 0.25) is 0 Å². The van der Waals surface area contributed by atoms with Crippen LogP contribution in [0.1, 0.15) is 38.8 Å². The Morgan fingerprint density at radius 2 is 1.87 bits per heavy atom. The highest BCUT2D eigenvalue weighted by molar-refractivity contribution is 5.86. The van der Waals surface area contributed by atoms with E-state index in [1.165, 1.54) is 5.56 Å². The lowest BCUT2D eigenvalue weighted by atomic mass is 10.0. The van der Waals surface area contributed by atoms with Gasteiger partial charge in [0.1, 0.15) is 0 Å². The van der Waals surface area contributed by atoms with Gasteiger partial charge in [0, 0.05) is 65.4 Å². The van der Waals surface area contributed by atoms with Crippen molar-refractivity contribution in [2.75, 3.05) is 73.0 Å². The first-order valence-electron chi connectivity index (χ1n) is 11.7. The van der Waals surface area contributed by atoms with Crippen molar-refractivity contribution in [1.82, 2.24) is 24.9 Å². The summed E-state index contributed by atoms with van der Waals surface area (Å²) in [4.78, 5) is 26.0. The number of carbonyl (C=O) groups is 1. The zero-order valence-corrected chi connectivity index (χ0v) is 20.2. The molecule has 7 heteroatoms. The van der Waals surface area contributed by atoms with Gasteiger partial charge < -0.3 is 20.0 Å². The lowest BCUT2D eigenvalue weighted by molar-refractivity contribution is -0.131. The van der Waals surface area contributed by atoms with Gasteiger partial charge in [-0.2, -0.15) is 0 Å². The Bertz CT molecular complexity index is 676. The maximum Gasteiger partial charge on any atom is 0.242 e. The Balaban J connectivity index is 1.92. The SMILES string of the molecule is CCNC(=NCCCN1CCN(C)CC1c1ccccc1)N(C)CC(=O)N(CC)CC. The molecule has 1 aliphatic rings. The number of nitrogens with one attached hydrogen (secondary N) is 1.